The summed E-state index contributed by atoms with van der Waals surface area (Å²) in [6.07, 6.45) is -4.34. The first-order valence-corrected chi connectivity index (χ1v) is 6.60. The van der Waals surface area contributed by atoms with Crippen LogP contribution >= 0.6 is 15.9 Å². The Balaban J connectivity index is 2.15. The van der Waals surface area contributed by atoms with Gasteiger partial charge in [0.1, 0.15) is 5.76 Å². The monoisotopic (exact) mass is 348 g/mol. The van der Waals surface area contributed by atoms with E-state index in [1.54, 1.807) is 6.92 Å². The molecule has 0 aliphatic rings. The molecular formula is C13H12BrF3N2O. The Hall–Kier alpha value is -1.50. The maximum atomic E-state index is 12.6. The van der Waals surface area contributed by atoms with Gasteiger partial charge in [-0.15, -0.1) is 0 Å². The van der Waals surface area contributed by atoms with Crippen LogP contribution in [0.3, 0.4) is 0 Å². The van der Waals surface area contributed by atoms with E-state index in [0.29, 0.717) is 22.5 Å². The van der Waals surface area contributed by atoms with Crippen molar-refractivity contribution in [2.45, 2.75) is 26.6 Å². The van der Waals surface area contributed by atoms with Gasteiger partial charge < -0.3 is 9.84 Å². The Kier molecular flexibility index (Phi) is 4.08. The van der Waals surface area contributed by atoms with Gasteiger partial charge >= 0.3 is 6.18 Å². The van der Waals surface area contributed by atoms with Crippen LogP contribution in [0.2, 0.25) is 0 Å². The highest BCUT2D eigenvalue weighted by atomic mass is 79.9. The number of halogens is 4. The first-order chi connectivity index (χ1) is 9.29. The van der Waals surface area contributed by atoms with Crippen LogP contribution in [0.4, 0.5) is 18.9 Å². The Bertz CT molecular complexity index is 603. The van der Waals surface area contributed by atoms with Gasteiger partial charge in [-0.1, -0.05) is 5.16 Å². The van der Waals surface area contributed by atoms with E-state index >= 15 is 0 Å². The maximum absolute atomic E-state index is 12.6. The van der Waals surface area contributed by atoms with E-state index in [0.717, 1.165) is 23.4 Å². The molecule has 0 unspecified atom stereocenters. The highest BCUT2D eigenvalue weighted by Crippen LogP contribution is 2.34. The summed E-state index contributed by atoms with van der Waals surface area (Å²) in [5.41, 5.74) is 1.56. The third-order valence-corrected chi connectivity index (χ3v) is 3.59. The largest absolute Gasteiger partial charge is 0.416 e. The van der Waals surface area contributed by atoms with Gasteiger partial charge in [0.15, 0.2) is 0 Å². The molecule has 2 aromatic rings. The maximum Gasteiger partial charge on any atom is 0.416 e. The van der Waals surface area contributed by atoms with Crippen LogP contribution in [-0.4, -0.2) is 5.16 Å². The quantitative estimate of drug-likeness (QED) is 0.874. The molecule has 7 heteroatoms. The molecule has 0 aliphatic heterocycles. The number of nitrogens with one attached hydrogen (secondary N) is 1. The zero-order valence-corrected chi connectivity index (χ0v) is 12.4. The van der Waals surface area contributed by atoms with Crippen LogP contribution in [0.5, 0.6) is 0 Å². The number of benzene rings is 1. The fraction of sp³-hybridized carbons (Fsp3) is 0.308. The molecule has 1 heterocycles. The number of hydrogen-bond acceptors (Lipinski definition) is 3. The summed E-state index contributed by atoms with van der Waals surface area (Å²) in [6.45, 7) is 4.04. The van der Waals surface area contributed by atoms with Crippen molar-refractivity contribution in [3.63, 3.8) is 0 Å². The van der Waals surface area contributed by atoms with Gasteiger partial charge in [-0.25, -0.2) is 0 Å². The van der Waals surface area contributed by atoms with Gasteiger partial charge in [0.05, 0.1) is 11.3 Å². The van der Waals surface area contributed by atoms with E-state index < -0.39 is 11.7 Å². The first-order valence-electron chi connectivity index (χ1n) is 5.81. The predicted octanol–water partition coefficient (Wildman–Crippen LogP) is 4.68. The zero-order chi connectivity index (χ0) is 14.9. The molecule has 0 fully saturated rings. The van der Waals surface area contributed by atoms with E-state index in [4.69, 9.17) is 4.52 Å². The van der Waals surface area contributed by atoms with Crippen molar-refractivity contribution in [3.8, 4) is 0 Å². The van der Waals surface area contributed by atoms with Crippen molar-refractivity contribution in [3.05, 3.63) is 45.3 Å². The van der Waals surface area contributed by atoms with Crippen molar-refractivity contribution in [2.24, 2.45) is 0 Å². The number of hydrogen-bond donors (Lipinski definition) is 1. The third kappa shape index (κ3) is 3.15. The van der Waals surface area contributed by atoms with Crippen LogP contribution in [-0.2, 0) is 12.7 Å². The lowest BCUT2D eigenvalue weighted by atomic mass is 10.1. The van der Waals surface area contributed by atoms with Crippen LogP contribution in [0.25, 0.3) is 0 Å². The minimum Gasteiger partial charge on any atom is -0.380 e. The minimum atomic E-state index is -4.34. The first kappa shape index (κ1) is 14.9. The summed E-state index contributed by atoms with van der Waals surface area (Å²) in [5.74, 6) is 0.693. The number of alkyl halides is 3. The standard InChI is InChI=1S/C13H12BrF3N2O/c1-7-10(8(2)20-19-7)6-18-12-4-3-9(5-11(12)14)13(15,16)17/h3-5,18H,6H2,1-2H3. The van der Waals surface area contributed by atoms with Crippen molar-refractivity contribution in [1.29, 1.82) is 0 Å². The number of aromatic nitrogens is 1. The van der Waals surface area contributed by atoms with Crippen molar-refractivity contribution in [2.75, 3.05) is 5.32 Å². The van der Waals surface area contributed by atoms with Crippen molar-refractivity contribution < 1.29 is 17.7 Å². The minimum absolute atomic E-state index is 0.360. The van der Waals surface area contributed by atoms with Crippen molar-refractivity contribution in [1.82, 2.24) is 5.16 Å². The van der Waals surface area contributed by atoms with Gasteiger partial charge in [-0.2, -0.15) is 13.2 Å². The number of anilines is 1. The summed E-state index contributed by atoms with van der Waals surface area (Å²) in [4.78, 5) is 0. The molecule has 1 N–H and O–H groups in total. The highest BCUT2D eigenvalue weighted by Gasteiger charge is 2.30. The van der Waals surface area contributed by atoms with E-state index in [1.807, 2.05) is 6.92 Å². The summed E-state index contributed by atoms with van der Waals surface area (Å²) >= 11 is 3.14. The molecule has 3 nitrogen and oxygen atoms in total. The molecule has 0 amide bonds. The van der Waals surface area contributed by atoms with E-state index in [9.17, 15) is 13.2 Å². The van der Waals surface area contributed by atoms with Crippen molar-refractivity contribution >= 4 is 21.6 Å². The Morgan fingerprint density at radius 1 is 1.30 bits per heavy atom. The Labute approximate surface area is 122 Å². The van der Waals surface area contributed by atoms with Gasteiger partial charge in [-0.3, -0.25) is 0 Å². The normalized spacial score (nSPS) is 11.7. The fourth-order valence-corrected chi connectivity index (χ4v) is 2.29. The van der Waals surface area contributed by atoms with Crippen LogP contribution in [0.1, 0.15) is 22.6 Å². The molecule has 0 atom stereocenters. The second-order valence-corrected chi connectivity index (χ2v) is 5.20. The summed E-state index contributed by atoms with van der Waals surface area (Å²) in [5, 5.41) is 6.88. The molecule has 0 bridgehead atoms. The SMILES string of the molecule is Cc1noc(C)c1CNc1ccc(C(F)(F)F)cc1Br. The topological polar surface area (TPSA) is 38.1 Å². The zero-order valence-electron chi connectivity index (χ0n) is 10.8. The van der Waals surface area contributed by atoms with E-state index in [2.05, 4.69) is 26.4 Å². The van der Waals surface area contributed by atoms with Crippen LogP contribution in [0, 0.1) is 13.8 Å². The smallest absolute Gasteiger partial charge is 0.380 e. The second-order valence-electron chi connectivity index (χ2n) is 4.35. The number of rotatable bonds is 3. The molecule has 108 valence electrons. The molecule has 0 spiro atoms. The van der Waals surface area contributed by atoms with Crippen LogP contribution in [0.15, 0.2) is 27.2 Å². The molecule has 0 saturated carbocycles. The average Bonchev–Trinajstić information content (AvgIpc) is 2.67. The predicted molar refractivity (Wildman–Crippen MR) is 72.4 cm³/mol. The molecular weight excluding hydrogens is 337 g/mol. The number of aryl methyl sites for hydroxylation is 2. The second kappa shape index (κ2) is 5.47. The highest BCUT2D eigenvalue weighted by molar-refractivity contribution is 9.10. The van der Waals surface area contributed by atoms with E-state index in [1.165, 1.54) is 6.07 Å². The molecule has 0 aliphatic carbocycles. The summed E-state index contributed by atoms with van der Waals surface area (Å²) in [7, 11) is 0. The molecule has 0 saturated heterocycles. The molecule has 20 heavy (non-hydrogen) atoms. The van der Waals surface area contributed by atoms with Gasteiger partial charge in [0.2, 0.25) is 0 Å². The van der Waals surface area contributed by atoms with Crippen LogP contribution < -0.4 is 5.32 Å². The van der Waals surface area contributed by atoms with E-state index in [-0.39, 0.29) is 0 Å². The lowest BCUT2D eigenvalue weighted by molar-refractivity contribution is -0.137. The molecule has 1 aromatic carbocycles. The summed E-state index contributed by atoms with van der Waals surface area (Å²) in [6, 6.07) is 3.49. The Morgan fingerprint density at radius 2 is 2.00 bits per heavy atom. The fourth-order valence-electron chi connectivity index (χ4n) is 1.77. The lowest BCUT2D eigenvalue weighted by Crippen LogP contribution is -2.06. The van der Waals surface area contributed by atoms with Gasteiger partial charge in [-0.05, 0) is 48.0 Å². The molecule has 2 rings (SSSR count). The third-order valence-electron chi connectivity index (χ3n) is 2.93. The lowest BCUT2D eigenvalue weighted by Gasteiger charge is -2.11. The average molecular weight is 349 g/mol. The number of nitrogens with zero attached hydrogens (tertiary/aromatic N) is 1. The summed E-state index contributed by atoms with van der Waals surface area (Å²) < 4.78 is 43.0. The van der Waals surface area contributed by atoms with Gasteiger partial charge in [0.25, 0.3) is 0 Å². The molecule has 1 aromatic heterocycles. The Morgan fingerprint density at radius 3 is 2.50 bits per heavy atom. The molecule has 0 radical (unpaired) electrons. The van der Waals surface area contributed by atoms with Gasteiger partial charge in [0, 0.05) is 22.3 Å².